The number of benzene rings is 4. The summed E-state index contributed by atoms with van der Waals surface area (Å²) in [5, 5.41) is 4.96. The van der Waals surface area contributed by atoms with Crippen LogP contribution in [0.4, 0.5) is 0 Å². The molecule has 2 amide bonds. The van der Waals surface area contributed by atoms with E-state index in [1.807, 2.05) is 67.6 Å². The van der Waals surface area contributed by atoms with Crippen LogP contribution in [0.25, 0.3) is 10.8 Å². The van der Waals surface area contributed by atoms with Crippen molar-refractivity contribution in [2.45, 2.75) is 43.4 Å². The molecular formula is C31H32N2O4S. The Kier molecular flexibility index (Phi) is 8.92. The summed E-state index contributed by atoms with van der Waals surface area (Å²) < 4.78 is 28.2. The fourth-order valence-electron chi connectivity index (χ4n) is 4.40. The van der Waals surface area contributed by atoms with Crippen molar-refractivity contribution in [2.24, 2.45) is 0 Å². The Bertz CT molecular complexity index is 1500. The molecule has 2 N–H and O–H groups in total. The number of nitrogens with one attached hydrogen (secondary N) is 2. The molecule has 1 unspecified atom stereocenters. The van der Waals surface area contributed by atoms with Crippen molar-refractivity contribution in [1.29, 1.82) is 0 Å². The van der Waals surface area contributed by atoms with Crippen molar-refractivity contribution >= 4 is 32.6 Å². The van der Waals surface area contributed by atoms with Crippen molar-refractivity contribution in [3.8, 4) is 0 Å². The number of aryl methyl sites for hydroxylation is 1. The Morgan fingerprint density at radius 3 is 2.18 bits per heavy atom. The first-order valence-corrected chi connectivity index (χ1v) is 14.3. The van der Waals surface area contributed by atoms with E-state index in [1.54, 1.807) is 24.3 Å². The second-order valence-corrected chi connectivity index (χ2v) is 11.1. The highest BCUT2D eigenvalue weighted by atomic mass is 32.2. The molecule has 0 saturated heterocycles. The number of amides is 2. The molecule has 1 atom stereocenters. The highest BCUT2D eigenvalue weighted by Gasteiger charge is 2.26. The Balaban J connectivity index is 1.41. The summed E-state index contributed by atoms with van der Waals surface area (Å²) in [4.78, 5) is 25.6. The van der Waals surface area contributed by atoms with Gasteiger partial charge in [0.25, 0.3) is 15.9 Å². The maximum Gasteiger partial charge on any atom is 0.264 e. The van der Waals surface area contributed by atoms with Crippen LogP contribution >= 0.6 is 0 Å². The molecule has 7 heteroatoms. The largest absolute Gasteiger partial charge is 0.352 e. The first kappa shape index (κ1) is 27.1. The molecule has 0 aromatic heterocycles. The summed E-state index contributed by atoms with van der Waals surface area (Å²) in [6.07, 6.45) is 2.74. The van der Waals surface area contributed by atoms with E-state index in [2.05, 4.69) is 10.0 Å². The second-order valence-electron chi connectivity index (χ2n) is 9.41. The van der Waals surface area contributed by atoms with Gasteiger partial charge in [0.2, 0.25) is 5.91 Å². The molecule has 0 aliphatic rings. The maximum absolute atomic E-state index is 13.4. The maximum atomic E-state index is 13.4. The van der Waals surface area contributed by atoms with E-state index in [9.17, 15) is 18.0 Å². The summed E-state index contributed by atoms with van der Waals surface area (Å²) in [7, 11) is -3.99. The average Bonchev–Trinajstić information content (AvgIpc) is 2.92. The predicted molar refractivity (Wildman–Crippen MR) is 150 cm³/mol. The van der Waals surface area contributed by atoms with Crippen LogP contribution in [0.3, 0.4) is 0 Å². The van der Waals surface area contributed by atoms with Crippen LogP contribution in [-0.4, -0.2) is 26.8 Å². The molecule has 38 heavy (non-hydrogen) atoms. The number of hydrogen-bond acceptors (Lipinski definition) is 4. The lowest BCUT2D eigenvalue weighted by Crippen LogP contribution is -2.34. The van der Waals surface area contributed by atoms with Gasteiger partial charge in [-0.15, -0.1) is 0 Å². The zero-order valence-corrected chi connectivity index (χ0v) is 22.2. The van der Waals surface area contributed by atoms with Gasteiger partial charge < -0.3 is 5.32 Å². The average molecular weight is 529 g/mol. The van der Waals surface area contributed by atoms with Gasteiger partial charge in [-0.3, -0.25) is 9.59 Å². The highest BCUT2D eigenvalue weighted by Crippen LogP contribution is 2.27. The third kappa shape index (κ3) is 7.07. The van der Waals surface area contributed by atoms with Gasteiger partial charge in [0.15, 0.2) is 0 Å². The minimum Gasteiger partial charge on any atom is -0.352 e. The van der Waals surface area contributed by atoms with E-state index >= 15 is 0 Å². The quantitative estimate of drug-likeness (QED) is 0.243. The lowest BCUT2D eigenvalue weighted by atomic mass is 9.91. The molecule has 0 fully saturated rings. The van der Waals surface area contributed by atoms with E-state index in [0.29, 0.717) is 24.9 Å². The number of rotatable bonds is 11. The topological polar surface area (TPSA) is 92.3 Å². The number of carbonyl (C=O) groups is 2. The van der Waals surface area contributed by atoms with Gasteiger partial charge in [-0.1, -0.05) is 91.2 Å². The number of carbonyl (C=O) groups excluding carboxylic acids is 2. The second kappa shape index (κ2) is 12.5. The molecule has 4 aromatic rings. The lowest BCUT2D eigenvalue weighted by molar-refractivity contribution is -0.121. The molecule has 0 aliphatic carbocycles. The fraction of sp³-hybridized carbons (Fsp3) is 0.226. The van der Waals surface area contributed by atoms with Crippen molar-refractivity contribution in [3.63, 3.8) is 0 Å². The van der Waals surface area contributed by atoms with E-state index in [1.165, 1.54) is 12.1 Å². The Morgan fingerprint density at radius 2 is 1.45 bits per heavy atom. The standard InChI is InChI=1S/C31H32N2O4S/c1-23-15-19-28(20-16-23)38(36,37)33-31(35)29(27-18-17-24-10-7-8-13-26(24)22-27)14-6-3-9-21-32-30(34)25-11-4-2-5-12-25/h2,4-5,7-8,10-13,15-20,22,29H,3,6,9,14,21H2,1H3,(H,32,34)(H,33,35). The SMILES string of the molecule is Cc1ccc(S(=O)(=O)NC(=O)C(CCCCCNC(=O)c2ccccc2)c2ccc3ccccc3c2)cc1. The summed E-state index contributed by atoms with van der Waals surface area (Å²) in [6, 6.07) is 29.1. The highest BCUT2D eigenvalue weighted by molar-refractivity contribution is 7.90. The van der Waals surface area contributed by atoms with E-state index in [4.69, 9.17) is 0 Å². The van der Waals surface area contributed by atoms with Crippen LogP contribution in [-0.2, 0) is 14.8 Å². The molecule has 0 spiro atoms. The van der Waals surface area contributed by atoms with E-state index in [-0.39, 0.29) is 10.8 Å². The van der Waals surface area contributed by atoms with Gasteiger partial charge in [0, 0.05) is 12.1 Å². The predicted octanol–water partition coefficient (Wildman–Crippen LogP) is 5.73. The van der Waals surface area contributed by atoms with Gasteiger partial charge >= 0.3 is 0 Å². The summed E-state index contributed by atoms with van der Waals surface area (Å²) in [5.74, 6) is -1.28. The van der Waals surface area contributed by atoms with Crippen LogP contribution in [0.1, 0.15) is 53.1 Å². The molecule has 0 aliphatic heterocycles. The first-order valence-electron chi connectivity index (χ1n) is 12.8. The number of sulfonamides is 1. The summed E-state index contributed by atoms with van der Waals surface area (Å²) in [5.41, 5.74) is 2.33. The third-order valence-electron chi connectivity index (χ3n) is 6.55. The zero-order chi connectivity index (χ0) is 27.0. The molecule has 196 valence electrons. The molecule has 4 rings (SSSR count). The van der Waals surface area contributed by atoms with E-state index in [0.717, 1.165) is 34.7 Å². The molecular weight excluding hydrogens is 496 g/mol. The van der Waals surface area contributed by atoms with Crippen molar-refractivity contribution in [3.05, 3.63) is 114 Å². The van der Waals surface area contributed by atoms with Crippen molar-refractivity contribution < 1.29 is 18.0 Å². The van der Waals surface area contributed by atoms with Gasteiger partial charge in [0.05, 0.1) is 10.8 Å². The number of hydrogen-bond donors (Lipinski definition) is 2. The molecule has 0 bridgehead atoms. The summed E-state index contributed by atoms with van der Waals surface area (Å²) in [6.45, 7) is 2.40. The van der Waals surface area contributed by atoms with Crippen LogP contribution in [0.15, 0.2) is 102 Å². The van der Waals surface area contributed by atoms with Crippen LogP contribution in [0.2, 0.25) is 0 Å². The van der Waals surface area contributed by atoms with E-state index < -0.39 is 21.8 Å². The van der Waals surface area contributed by atoms with Gasteiger partial charge in [-0.2, -0.15) is 0 Å². The minimum absolute atomic E-state index is 0.0582. The molecule has 0 heterocycles. The van der Waals surface area contributed by atoms with Crippen LogP contribution in [0.5, 0.6) is 0 Å². The Hall–Kier alpha value is -3.97. The third-order valence-corrected chi connectivity index (χ3v) is 7.91. The van der Waals surface area contributed by atoms with Gasteiger partial charge in [-0.05, 0) is 60.4 Å². The monoisotopic (exact) mass is 528 g/mol. The Labute approximate surface area is 224 Å². The number of unbranched alkanes of at least 4 members (excludes halogenated alkanes) is 2. The van der Waals surface area contributed by atoms with Crippen molar-refractivity contribution in [1.82, 2.24) is 10.0 Å². The first-order chi connectivity index (χ1) is 18.3. The smallest absolute Gasteiger partial charge is 0.264 e. The molecule has 6 nitrogen and oxygen atoms in total. The van der Waals surface area contributed by atoms with Gasteiger partial charge in [0.1, 0.15) is 0 Å². The molecule has 0 saturated carbocycles. The summed E-state index contributed by atoms with van der Waals surface area (Å²) >= 11 is 0. The van der Waals surface area contributed by atoms with Crippen LogP contribution < -0.4 is 10.0 Å². The normalized spacial score (nSPS) is 12.1. The Morgan fingerprint density at radius 1 is 0.763 bits per heavy atom. The minimum atomic E-state index is -3.99. The lowest BCUT2D eigenvalue weighted by Gasteiger charge is -2.18. The van der Waals surface area contributed by atoms with Gasteiger partial charge in [-0.25, -0.2) is 13.1 Å². The zero-order valence-electron chi connectivity index (χ0n) is 21.4. The molecule has 4 aromatic carbocycles. The fourth-order valence-corrected chi connectivity index (χ4v) is 5.42. The van der Waals surface area contributed by atoms with Crippen molar-refractivity contribution in [2.75, 3.05) is 6.54 Å². The molecule has 0 radical (unpaired) electrons. The number of fused-ring (bicyclic) bond motifs is 1. The van der Waals surface area contributed by atoms with Crippen LogP contribution in [0, 0.1) is 6.92 Å².